The van der Waals surface area contributed by atoms with Crippen LogP contribution in [0.4, 0.5) is 26.3 Å². The highest BCUT2D eigenvalue weighted by atomic mass is 32.2. The maximum atomic E-state index is 13.3. The topological polar surface area (TPSA) is 102 Å². The summed E-state index contributed by atoms with van der Waals surface area (Å²) in [6.45, 7) is 1.46. The molecule has 4 aromatic heterocycles. The summed E-state index contributed by atoms with van der Waals surface area (Å²) >= 11 is 0. The minimum absolute atomic E-state index is 0.0378. The normalized spacial score (nSPS) is 14.8. The number of hydrogen-bond acceptors (Lipinski definition) is 6. The average molecular weight is 491 g/mol. The minimum atomic E-state index is -4.79. The first-order chi connectivity index (χ1) is 15.1. The lowest BCUT2D eigenvalue weighted by Crippen LogP contribution is -2.12. The van der Waals surface area contributed by atoms with Crippen molar-refractivity contribution in [3.63, 3.8) is 0 Å². The van der Waals surface area contributed by atoms with E-state index in [2.05, 4.69) is 19.9 Å². The van der Waals surface area contributed by atoms with Crippen molar-refractivity contribution in [2.75, 3.05) is 5.75 Å². The van der Waals surface area contributed by atoms with Crippen LogP contribution < -0.4 is 0 Å². The fourth-order valence-electron chi connectivity index (χ4n) is 3.36. The van der Waals surface area contributed by atoms with Crippen molar-refractivity contribution >= 4 is 32.1 Å². The Morgan fingerprint density at radius 1 is 1.00 bits per heavy atom. The van der Waals surface area contributed by atoms with E-state index in [9.17, 15) is 30.6 Å². The Morgan fingerprint density at radius 2 is 1.67 bits per heavy atom. The SMILES string of the molecule is CCS(=N)(=O)c1cc2c(nc1-c1nc3cc(C(F)(F)F)cnc3n1C)nc(C(F)(F)F)n2C. The highest BCUT2D eigenvalue weighted by molar-refractivity contribution is 7.92. The Kier molecular flexibility index (Phi) is 4.96. The molecule has 0 spiro atoms. The lowest BCUT2D eigenvalue weighted by Gasteiger charge is -2.11. The van der Waals surface area contributed by atoms with E-state index >= 15 is 0 Å². The van der Waals surface area contributed by atoms with Gasteiger partial charge >= 0.3 is 12.4 Å². The van der Waals surface area contributed by atoms with Crippen LogP contribution in [0, 0.1) is 4.78 Å². The Labute approximate surface area is 182 Å². The number of imidazole rings is 2. The Bertz CT molecular complexity index is 1520. The van der Waals surface area contributed by atoms with Gasteiger partial charge in [0.25, 0.3) is 0 Å². The lowest BCUT2D eigenvalue weighted by atomic mass is 10.2. The molecule has 0 saturated carbocycles. The third-order valence-electron chi connectivity index (χ3n) is 5.10. The van der Waals surface area contributed by atoms with E-state index < -0.39 is 33.5 Å². The van der Waals surface area contributed by atoms with Crippen molar-refractivity contribution in [1.29, 1.82) is 4.78 Å². The molecule has 0 aromatic carbocycles. The number of nitrogens with zero attached hydrogens (tertiary/aromatic N) is 6. The molecular formula is C18H15F6N7OS. The maximum Gasteiger partial charge on any atom is 0.449 e. The molecule has 176 valence electrons. The number of alkyl halides is 6. The Balaban J connectivity index is 2.06. The van der Waals surface area contributed by atoms with Crippen LogP contribution in [0.25, 0.3) is 33.8 Å². The summed E-state index contributed by atoms with van der Waals surface area (Å²) < 4.78 is 102. The first-order valence-electron chi connectivity index (χ1n) is 9.26. The number of pyridine rings is 2. The first kappa shape index (κ1) is 22.9. The van der Waals surface area contributed by atoms with Crippen LogP contribution in [-0.4, -0.2) is 39.0 Å². The summed E-state index contributed by atoms with van der Waals surface area (Å²) in [5.41, 5.74) is -1.82. The third kappa shape index (κ3) is 3.69. The predicted molar refractivity (Wildman–Crippen MR) is 106 cm³/mol. The van der Waals surface area contributed by atoms with Crippen molar-refractivity contribution in [2.24, 2.45) is 14.1 Å². The molecule has 0 aliphatic heterocycles. The summed E-state index contributed by atoms with van der Waals surface area (Å²) in [5, 5.41) is 0. The number of rotatable bonds is 3. The van der Waals surface area contributed by atoms with E-state index in [0.29, 0.717) is 6.20 Å². The molecule has 0 aliphatic rings. The van der Waals surface area contributed by atoms with Crippen LogP contribution in [0.15, 0.2) is 23.2 Å². The average Bonchev–Trinajstić information content (AvgIpc) is 3.23. The smallest absolute Gasteiger partial charge is 0.322 e. The second-order valence-electron chi connectivity index (χ2n) is 7.19. The van der Waals surface area contributed by atoms with Gasteiger partial charge in [0.15, 0.2) is 17.1 Å². The van der Waals surface area contributed by atoms with Crippen molar-refractivity contribution < 1.29 is 30.6 Å². The highest BCUT2D eigenvalue weighted by Crippen LogP contribution is 2.36. The van der Waals surface area contributed by atoms with Crippen LogP contribution in [0.1, 0.15) is 18.3 Å². The molecule has 33 heavy (non-hydrogen) atoms. The van der Waals surface area contributed by atoms with Gasteiger partial charge in [-0.05, 0) is 12.1 Å². The third-order valence-corrected chi connectivity index (χ3v) is 6.94. The van der Waals surface area contributed by atoms with Gasteiger partial charge in [-0.25, -0.2) is 28.9 Å². The van der Waals surface area contributed by atoms with E-state index in [-0.39, 0.29) is 44.5 Å². The van der Waals surface area contributed by atoms with E-state index in [1.165, 1.54) is 18.5 Å². The van der Waals surface area contributed by atoms with E-state index in [0.717, 1.165) is 23.7 Å². The first-order valence-corrected chi connectivity index (χ1v) is 11.0. The largest absolute Gasteiger partial charge is 0.449 e. The van der Waals surface area contributed by atoms with E-state index in [1.54, 1.807) is 0 Å². The molecule has 1 N–H and O–H groups in total. The molecule has 4 heterocycles. The quantitative estimate of drug-likeness (QED) is 0.429. The molecule has 4 aromatic rings. The van der Waals surface area contributed by atoms with Gasteiger partial charge in [-0.1, -0.05) is 6.92 Å². The molecule has 0 radical (unpaired) electrons. The zero-order valence-electron chi connectivity index (χ0n) is 17.2. The molecule has 0 amide bonds. The van der Waals surface area contributed by atoms with Crippen LogP contribution in [0.5, 0.6) is 0 Å². The van der Waals surface area contributed by atoms with Gasteiger partial charge in [0.05, 0.1) is 25.7 Å². The number of fused-ring (bicyclic) bond motifs is 2. The zero-order valence-corrected chi connectivity index (χ0v) is 18.0. The predicted octanol–water partition coefficient (Wildman–Crippen LogP) is 4.38. The van der Waals surface area contributed by atoms with Gasteiger partial charge in [0.1, 0.15) is 11.2 Å². The van der Waals surface area contributed by atoms with Crippen LogP contribution >= 0.6 is 0 Å². The molecule has 0 saturated heterocycles. The molecule has 15 heteroatoms. The molecule has 4 rings (SSSR count). The van der Waals surface area contributed by atoms with Crippen molar-refractivity contribution in [2.45, 2.75) is 24.2 Å². The van der Waals surface area contributed by atoms with Crippen molar-refractivity contribution in [3.8, 4) is 11.5 Å². The summed E-state index contributed by atoms with van der Waals surface area (Å²) in [4.78, 5) is 15.3. The van der Waals surface area contributed by atoms with Crippen LogP contribution in [-0.2, 0) is 36.2 Å². The zero-order chi connectivity index (χ0) is 24.5. The summed E-state index contributed by atoms with van der Waals surface area (Å²) in [6, 6.07) is 1.90. The van der Waals surface area contributed by atoms with Gasteiger partial charge in [-0.15, -0.1) is 0 Å². The number of halogens is 6. The summed E-state index contributed by atoms with van der Waals surface area (Å²) in [6.07, 6.45) is -8.83. The second-order valence-corrected chi connectivity index (χ2v) is 9.56. The van der Waals surface area contributed by atoms with Gasteiger partial charge in [0.2, 0.25) is 5.82 Å². The molecule has 1 atom stereocenters. The molecule has 1 unspecified atom stereocenters. The van der Waals surface area contributed by atoms with Gasteiger partial charge in [0, 0.05) is 26.0 Å². The number of hydrogen-bond donors (Lipinski definition) is 1. The highest BCUT2D eigenvalue weighted by Gasteiger charge is 2.38. The van der Waals surface area contributed by atoms with Crippen LogP contribution in [0.3, 0.4) is 0 Å². The summed E-state index contributed by atoms with van der Waals surface area (Å²) in [5.74, 6) is -1.54. The number of nitrogens with one attached hydrogen (secondary N) is 1. The van der Waals surface area contributed by atoms with Gasteiger partial charge < -0.3 is 9.13 Å². The Morgan fingerprint density at radius 3 is 2.24 bits per heavy atom. The van der Waals surface area contributed by atoms with Crippen LogP contribution in [0.2, 0.25) is 0 Å². The molecular weight excluding hydrogens is 476 g/mol. The van der Waals surface area contributed by atoms with Gasteiger partial charge in [-0.2, -0.15) is 26.3 Å². The van der Waals surface area contributed by atoms with Crippen molar-refractivity contribution in [3.05, 3.63) is 29.7 Å². The lowest BCUT2D eigenvalue weighted by molar-refractivity contribution is -0.146. The molecule has 8 nitrogen and oxygen atoms in total. The fourth-order valence-corrected chi connectivity index (χ4v) is 4.42. The fraction of sp³-hybridized carbons (Fsp3) is 0.333. The standard InChI is InChI=1S/C18H15F6N7OS/c1-4-33(25,32)11-6-10-13(29-16(30(10)2)18(22,23)24)28-12(11)15-27-9-5-8(17(19,20)21)7-26-14(9)31(15)3/h5-7,25H,4H2,1-3H3. The van der Waals surface area contributed by atoms with E-state index in [4.69, 9.17) is 4.78 Å². The monoisotopic (exact) mass is 491 g/mol. The maximum absolute atomic E-state index is 13.3. The molecule has 0 bridgehead atoms. The molecule has 0 aliphatic carbocycles. The Hall–Kier alpha value is -3.23. The van der Waals surface area contributed by atoms with Crippen molar-refractivity contribution in [1.82, 2.24) is 29.1 Å². The summed E-state index contributed by atoms with van der Waals surface area (Å²) in [7, 11) is -1.01. The van der Waals surface area contributed by atoms with E-state index in [1.807, 2.05) is 0 Å². The minimum Gasteiger partial charge on any atom is -0.322 e. The number of aryl methyl sites for hydroxylation is 2. The molecule has 0 fully saturated rings. The number of aromatic nitrogens is 6. The van der Waals surface area contributed by atoms with Gasteiger partial charge in [-0.3, -0.25) is 0 Å². The second kappa shape index (κ2) is 7.13.